The van der Waals surface area contributed by atoms with Gasteiger partial charge in [0.25, 0.3) is 0 Å². The second-order valence-corrected chi connectivity index (χ2v) is 11.2. The van der Waals surface area contributed by atoms with Gasteiger partial charge in [0.1, 0.15) is 29.9 Å². The summed E-state index contributed by atoms with van der Waals surface area (Å²) in [6.07, 6.45) is -2.65. The molecule has 1 saturated heterocycles. The number of thioether (sulfide) groups is 1. The standard InChI is InChI=1S/C34H36O5S/c1-25-17-19-29(20-18-25)40-34-33(38-23-28-15-9-4-10-16-28)31(35)32(37-22-27-13-7-3-8-14-27)30(39-34)24-36-21-26-11-5-2-6-12-26/h2-20,30-35H,21-24H2,1H3/t30-,31+,32+,33-,34+/m1/s1. The summed E-state index contributed by atoms with van der Waals surface area (Å²) in [5, 5.41) is 11.8. The van der Waals surface area contributed by atoms with Gasteiger partial charge in [-0.05, 0) is 35.7 Å². The topological polar surface area (TPSA) is 57.2 Å². The fourth-order valence-electron chi connectivity index (χ4n) is 4.66. The van der Waals surface area contributed by atoms with Crippen molar-refractivity contribution in [2.45, 2.75) is 61.5 Å². The first kappa shape index (κ1) is 28.6. The zero-order chi connectivity index (χ0) is 27.6. The molecule has 1 aliphatic rings. The zero-order valence-corrected chi connectivity index (χ0v) is 23.5. The van der Waals surface area contributed by atoms with Crippen molar-refractivity contribution in [3.05, 3.63) is 138 Å². The highest BCUT2D eigenvalue weighted by Gasteiger charge is 2.47. The van der Waals surface area contributed by atoms with Crippen molar-refractivity contribution in [1.29, 1.82) is 0 Å². The van der Waals surface area contributed by atoms with Gasteiger partial charge in [0, 0.05) is 4.90 Å². The molecule has 40 heavy (non-hydrogen) atoms. The van der Waals surface area contributed by atoms with Gasteiger partial charge < -0.3 is 24.1 Å². The molecule has 1 heterocycles. The highest BCUT2D eigenvalue weighted by atomic mass is 32.2. The maximum absolute atomic E-state index is 11.8. The van der Waals surface area contributed by atoms with E-state index in [0.717, 1.165) is 21.6 Å². The number of rotatable bonds is 12. The van der Waals surface area contributed by atoms with Gasteiger partial charge in [0.15, 0.2) is 0 Å². The molecule has 4 aromatic carbocycles. The molecule has 0 aliphatic carbocycles. The van der Waals surface area contributed by atoms with Gasteiger partial charge in [-0.3, -0.25) is 0 Å². The molecule has 5 atom stereocenters. The molecule has 0 amide bonds. The third-order valence-corrected chi connectivity index (χ3v) is 8.01. The van der Waals surface area contributed by atoms with Gasteiger partial charge in [-0.2, -0.15) is 0 Å². The van der Waals surface area contributed by atoms with Crippen LogP contribution in [0.25, 0.3) is 0 Å². The minimum absolute atomic E-state index is 0.280. The number of benzene rings is 4. The van der Waals surface area contributed by atoms with Crippen LogP contribution in [0.15, 0.2) is 120 Å². The maximum Gasteiger partial charge on any atom is 0.137 e. The van der Waals surface area contributed by atoms with Gasteiger partial charge in [-0.25, -0.2) is 0 Å². The monoisotopic (exact) mass is 556 g/mol. The van der Waals surface area contributed by atoms with E-state index < -0.39 is 29.9 Å². The second-order valence-electron chi connectivity index (χ2n) is 9.99. The van der Waals surface area contributed by atoms with Crippen molar-refractivity contribution in [3.63, 3.8) is 0 Å². The van der Waals surface area contributed by atoms with E-state index in [0.29, 0.717) is 19.8 Å². The molecule has 5 rings (SSSR count). The molecule has 0 saturated carbocycles. The van der Waals surface area contributed by atoms with Crippen molar-refractivity contribution in [3.8, 4) is 0 Å². The van der Waals surface area contributed by atoms with Crippen LogP contribution in [0.5, 0.6) is 0 Å². The van der Waals surface area contributed by atoms with E-state index in [1.165, 1.54) is 5.56 Å². The fourth-order valence-corrected chi connectivity index (χ4v) is 5.79. The van der Waals surface area contributed by atoms with Crippen LogP contribution in [-0.4, -0.2) is 41.6 Å². The van der Waals surface area contributed by atoms with Crippen molar-refractivity contribution < 1.29 is 24.1 Å². The van der Waals surface area contributed by atoms with Crippen LogP contribution in [0.4, 0.5) is 0 Å². The molecule has 0 bridgehead atoms. The Bertz CT molecular complexity index is 1270. The summed E-state index contributed by atoms with van der Waals surface area (Å²) in [4.78, 5) is 1.05. The number of hydrogen-bond acceptors (Lipinski definition) is 6. The Morgan fingerprint density at radius 3 is 1.70 bits per heavy atom. The minimum atomic E-state index is -0.922. The molecule has 4 aromatic rings. The summed E-state index contributed by atoms with van der Waals surface area (Å²) in [6, 6.07) is 38.3. The van der Waals surface area contributed by atoms with Crippen LogP contribution in [-0.2, 0) is 38.8 Å². The average molecular weight is 557 g/mol. The Hall–Kier alpha value is -2.97. The lowest BCUT2D eigenvalue weighted by atomic mass is 9.99. The van der Waals surface area contributed by atoms with Crippen molar-refractivity contribution in [2.75, 3.05) is 6.61 Å². The summed E-state index contributed by atoms with van der Waals surface area (Å²) >= 11 is 1.55. The molecule has 1 aliphatic heterocycles. The number of aryl methyl sites for hydroxylation is 1. The van der Waals surface area contributed by atoms with E-state index in [1.807, 2.05) is 91.0 Å². The van der Waals surface area contributed by atoms with Gasteiger partial charge in [-0.15, -0.1) is 0 Å². The van der Waals surface area contributed by atoms with Crippen LogP contribution in [0, 0.1) is 6.92 Å². The number of ether oxygens (including phenoxy) is 4. The first-order valence-electron chi connectivity index (χ1n) is 13.7. The van der Waals surface area contributed by atoms with E-state index in [-0.39, 0.29) is 6.61 Å². The molecule has 5 nitrogen and oxygen atoms in total. The van der Waals surface area contributed by atoms with E-state index in [1.54, 1.807) is 11.8 Å². The number of aliphatic hydroxyl groups is 1. The minimum Gasteiger partial charge on any atom is -0.387 e. The molecular weight excluding hydrogens is 520 g/mol. The van der Waals surface area contributed by atoms with Gasteiger partial charge in [0.2, 0.25) is 0 Å². The average Bonchev–Trinajstić information content (AvgIpc) is 2.99. The summed E-state index contributed by atoms with van der Waals surface area (Å²) in [5.74, 6) is 0. The SMILES string of the molecule is Cc1ccc(S[C@@H]2O[C@H](COCc3ccccc3)[C@H](OCc3ccccc3)[C@H](O)[C@H]2OCc2ccccc2)cc1. The largest absolute Gasteiger partial charge is 0.387 e. The lowest BCUT2D eigenvalue weighted by Crippen LogP contribution is -2.59. The van der Waals surface area contributed by atoms with Crippen molar-refractivity contribution >= 4 is 11.8 Å². The zero-order valence-electron chi connectivity index (χ0n) is 22.7. The lowest BCUT2D eigenvalue weighted by Gasteiger charge is -2.44. The molecule has 1 fully saturated rings. The second kappa shape index (κ2) is 14.6. The Morgan fingerprint density at radius 2 is 1.15 bits per heavy atom. The van der Waals surface area contributed by atoms with Crippen LogP contribution in [0.3, 0.4) is 0 Å². The molecular formula is C34H36O5S. The van der Waals surface area contributed by atoms with Gasteiger partial charge in [0.05, 0.1) is 26.4 Å². The van der Waals surface area contributed by atoms with Gasteiger partial charge in [-0.1, -0.05) is 120 Å². The summed E-state index contributed by atoms with van der Waals surface area (Å²) < 4.78 is 25.5. The van der Waals surface area contributed by atoms with Crippen molar-refractivity contribution in [1.82, 2.24) is 0 Å². The molecule has 6 heteroatoms. The number of aliphatic hydroxyl groups excluding tert-OH is 1. The molecule has 0 aromatic heterocycles. The van der Waals surface area contributed by atoms with Crippen LogP contribution >= 0.6 is 11.8 Å². The highest BCUT2D eigenvalue weighted by Crippen LogP contribution is 2.37. The third-order valence-electron chi connectivity index (χ3n) is 6.85. The van der Waals surface area contributed by atoms with Crippen molar-refractivity contribution in [2.24, 2.45) is 0 Å². The summed E-state index contributed by atoms with van der Waals surface area (Å²) in [7, 11) is 0. The first-order chi connectivity index (χ1) is 19.7. The van der Waals surface area contributed by atoms with E-state index in [9.17, 15) is 5.11 Å². The van der Waals surface area contributed by atoms with E-state index >= 15 is 0 Å². The smallest absolute Gasteiger partial charge is 0.137 e. The lowest BCUT2D eigenvalue weighted by molar-refractivity contribution is -0.240. The molecule has 0 radical (unpaired) electrons. The maximum atomic E-state index is 11.8. The van der Waals surface area contributed by atoms with Crippen LogP contribution < -0.4 is 0 Å². The first-order valence-corrected chi connectivity index (χ1v) is 14.5. The summed E-state index contributed by atoms with van der Waals surface area (Å²) in [5.41, 5.74) is 3.87. The molecule has 208 valence electrons. The fraction of sp³-hybridized carbons (Fsp3) is 0.294. The third kappa shape index (κ3) is 8.04. The van der Waals surface area contributed by atoms with E-state index in [2.05, 4.69) is 31.2 Å². The Morgan fingerprint density at radius 1 is 0.650 bits per heavy atom. The predicted molar refractivity (Wildman–Crippen MR) is 158 cm³/mol. The van der Waals surface area contributed by atoms with Crippen LogP contribution in [0.2, 0.25) is 0 Å². The molecule has 1 N–H and O–H groups in total. The normalized spacial score (nSPS) is 22.7. The van der Waals surface area contributed by atoms with Crippen LogP contribution in [0.1, 0.15) is 22.3 Å². The Balaban J connectivity index is 1.35. The Kier molecular flexibility index (Phi) is 10.4. The van der Waals surface area contributed by atoms with E-state index in [4.69, 9.17) is 18.9 Å². The summed E-state index contributed by atoms with van der Waals surface area (Å²) in [6.45, 7) is 3.50. The number of hydrogen-bond donors (Lipinski definition) is 1. The molecule has 0 unspecified atom stereocenters. The highest BCUT2D eigenvalue weighted by molar-refractivity contribution is 7.99. The van der Waals surface area contributed by atoms with Gasteiger partial charge >= 0.3 is 0 Å². The predicted octanol–water partition coefficient (Wildman–Crippen LogP) is 6.56. The molecule has 0 spiro atoms. The quantitative estimate of drug-likeness (QED) is 0.213. The Labute approximate surface area is 241 Å².